The first-order chi connectivity index (χ1) is 2.91. The highest BCUT2D eigenvalue weighted by Gasteiger charge is 1.70. The fourth-order valence-corrected chi connectivity index (χ4v) is 0.167. The topological polar surface area (TPSA) is 29.5 Å². The Hall–Kier alpha value is -0.0800. The second-order valence-electron chi connectivity index (χ2n) is 0.836. The first kappa shape index (κ1) is 5.92. The molecule has 0 fully saturated rings. The molecule has 0 aromatic carbocycles. The Balaban J connectivity index is 2.34. The van der Waals surface area contributed by atoms with Gasteiger partial charge in [-0.3, -0.25) is 0 Å². The molecule has 0 amide bonds. The zero-order valence-corrected chi connectivity index (χ0v) is 3.68. The van der Waals surface area contributed by atoms with E-state index in [0.29, 0.717) is 13.2 Å². The highest BCUT2D eigenvalue weighted by Crippen LogP contribution is 1.66. The maximum absolute atomic E-state index is 8.04. The molecular weight excluding hydrogens is 80.0 g/mol. The van der Waals surface area contributed by atoms with Crippen molar-refractivity contribution in [3.8, 4) is 0 Å². The van der Waals surface area contributed by atoms with Crippen LogP contribution in [0, 0.1) is 6.92 Å². The average molecular weight is 89.1 g/mol. The molecule has 0 aliphatic heterocycles. The third-order valence-corrected chi connectivity index (χ3v) is 0.380. The molecule has 2 heteroatoms. The second-order valence-corrected chi connectivity index (χ2v) is 0.836. The van der Waals surface area contributed by atoms with E-state index in [1.165, 1.54) is 0 Å². The van der Waals surface area contributed by atoms with Gasteiger partial charge in [0.1, 0.15) is 0 Å². The van der Waals surface area contributed by atoms with Crippen LogP contribution in [-0.4, -0.2) is 24.9 Å². The molecular formula is C4H9O2-. The van der Waals surface area contributed by atoms with E-state index >= 15 is 0 Å². The summed E-state index contributed by atoms with van der Waals surface area (Å²) >= 11 is 0. The van der Waals surface area contributed by atoms with Gasteiger partial charge in [-0.15, -0.1) is 0 Å². The summed E-state index contributed by atoms with van der Waals surface area (Å²) in [6, 6.07) is 0. The van der Waals surface area contributed by atoms with Crippen LogP contribution < -0.4 is 0 Å². The van der Waals surface area contributed by atoms with Gasteiger partial charge in [-0.1, -0.05) is 6.61 Å². The van der Waals surface area contributed by atoms with Crippen LogP contribution in [0.5, 0.6) is 0 Å². The van der Waals surface area contributed by atoms with E-state index < -0.39 is 0 Å². The van der Waals surface area contributed by atoms with E-state index in [2.05, 4.69) is 11.7 Å². The Morgan fingerprint density at radius 3 is 2.50 bits per heavy atom. The molecule has 0 saturated carbocycles. The van der Waals surface area contributed by atoms with Crippen molar-refractivity contribution in [2.24, 2.45) is 0 Å². The summed E-state index contributed by atoms with van der Waals surface area (Å²) in [7, 11) is 0. The fourth-order valence-electron chi connectivity index (χ4n) is 0.167. The van der Waals surface area contributed by atoms with Crippen molar-refractivity contribution < 1.29 is 9.84 Å². The number of aliphatic hydroxyl groups is 1. The number of hydrogen-bond acceptors (Lipinski definition) is 2. The zero-order chi connectivity index (χ0) is 4.83. The quantitative estimate of drug-likeness (QED) is 0.384. The monoisotopic (exact) mass is 89.1 g/mol. The van der Waals surface area contributed by atoms with Gasteiger partial charge >= 0.3 is 0 Å². The minimum absolute atomic E-state index is 0.0928. The first-order valence-corrected chi connectivity index (χ1v) is 1.89. The van der Waals surface area contributed by atoms with Crippen LogP contribution >= 0.6 is 0 Å². The second kappa shape index (κ2) is 4.92. The van der Waals surface area contributed by atoms with Crippen LogP contribution in [-0.2, 0) is 4.74 Å². The molecule has 0 bridgehead atoms. The lowest BCUT2D eigenvalue weighted by atomic mass is 10.8. The van der Waals surface area contributed by atoms with Crippen molar-refractivity contribution in [1.82, 2.24) is 0 Å². The molecule has 0 rings (SSSR count). The van der Waals surface area contributed by atoms with Crippen LogP contribution in [0.3, 0.4) is 0 Å². The zero-order valence-electron chi connectivity index (χ0n) is 3.68. The first-order valence-electron chi connectivity index (χ1n) is 1.89. The summed E-state index contributed by atoms with van der Waals surface area (Å²) in [6.07, 6.45) is 0. The standard InChI is InChI=1S/C4H9O2/c1-2-6-4-3-5/h5H,1-4H2/q-1. The smallest absolute Gasteiger partial charge is 0.0664 e. The van der Waals surface area contributed by atoms with E-state index in [9.17, 15) is 0 Å². The largest absolute Gasteiger partial charge is 0.411 e. The van der Waals surface area contributed by atoms with Gasteiger partial charge in [0.05, 0.1) is 13.2 Å². The molecule has 6 heavy (non-hydrogen) atoms. The van der Waals surface area contributed by atoms with E-state index in [1.807, 2.05) is 0 Å². The van der Waals surface area contributed by atoms with Crippen LogP contribution in [0.4, 0.5) is 0 Å². The summed E-state index contributed by atoms with van der Waals surface area (Å²) in [6.45, 7) is 4.33. The molecule has 0 heterocycles. The normalized spacial score (nSPS) is 9.00. The molecule has 1 N–H and O–H groups in total. The van der Waals surface area contributed by atoms with Crippen LogP contribution in [0.2, 0.25) is 0 Å². The van der Waals surface area contributed by atoms with Crippen molar-refractivity contribution in [3.63, 3.8) is 0 Å². The van der Waals surface area contributed by atoms with Crippen LogP contribution in [0.15, 0.2) is 0 Å². The lowest BCUT2D eigenvalue weighted by Gasteiger charge is -1.96. The van der Waals surface area contributed by atoms with E-state index in [-0.39, 0.29) is 6.61 Å². The molecule has 0 spiro atoms. The number of ether oxygens (including phenoxy) is 1. The van der Waals surface area contributed by atoms with E-state index in [1.54, 1.807) is 0 Å². The highest BCUT2D eigenvalue weighted by molar-refractivity contribution is 4.28. The summed E-state index contributed by atoms with van der Waals surface area (Å²) in [5.41, 5.74) is 0. The maximum Gasteiger partial charge on any atom is 0.0664 e. The summed E-state index contributed by atoms with van der Waals surface area (Å²) in [5, 5.41) is 8.04. The van der Waals surface area contributed by atoms with E-state index in [0.717, 1.165) is 0 Å². The molecule has 0 unspecified atom stereocenters. The molecule has 38 valence electrons. The third-order valence-electron chi connectivity index (χ3n) is 0.380. The van der Waals surface area contributed by atoms with Crippen molar-refractivity contribution in [2.45, 2.75) is 0 Å². The molecule has 0 aliphatic rings. The number of aliphatic hydroxyl groups excluding tert-OH is 1. The average Bonchev–Trinajstić information content (AvgIpc) is 1.61. The Bertz CT molecular complexity index is 17.5. The molecule has 0 aliphatic carbocycles. The SMILES string of the molecule is [CH2-]COCCO. The highest BCUT2D eigenvalue weighted by atomic mass is 16.5. The lowest BCUT2D eigenvalue weighted by Crippen LogP contribution is -1.96. The van der Waals surface area contributed by atoms with Gasteiger partial charge in [0.15, 0.2) is 0 Å². The minimum atomic E-state index is 0.0928. The van der Waals surface area contributed by atoms with Gasteiger partial charge in [-0.25, -0.2) is 0 Å². The number of rotatable bonds is 3. The molecule has 2 nitrogen and oxygen atoms in total. The van der Waals surface area contributed by atoms with Crippen molar-refractivity contribution in [2.75, 3.05) is 19.8 Å². The fraction of sp³-hybridized carbons (Fsp3) is 0.750. The van der Waals surface area contributed by atoms with Crippen molar-refractivity contribution >= 4 is 0 Å². The molecule has 0 atom stereocenters. The number of hydrogen-bond donors (Lipinski definition) is 1. The Morgan fingerprint density at radius 1 is 1.67 bits per heavy atom. The van der Waals surface area contributed by atoms with Gasteiger partial charge in [0.25, 0.3) is 0 Å². The minimum Gasteiger partial charge on any atom is -0.411 e. The van der Waals surface area contributed by atoms with Gasteiger partial charge in [0.2, 0.25) is 0 Å². The maximum atomic E-state index is 8.04. The summed E-state index contributed by atoms with van der Waals surface area (Å²) in [4.78, 5) is 0. The summed E-state index contributed by atoms with van der Waals surface area (Å²) in [5.74, 6) is 0. The summed E-state index contributed by atoms with van der Waals surface area (Å²) < 4.78 is 4.62. The van der Waals surface area contributed by atoms with Gasteiger partial charge in [0, 0.05) is 0 Å². The predicted octanol–water partition coefficient (Wildman–Crippen LogP) is -0.171. The Morgan fingerprint density at radius 2 is 2.33 bits per heavy atom. The predicted molar refractivity (Wildman–Crippen MR) is 23.3 cm³/mol. The lowest BCUT2D eigenvalue weighted by molar-refractivity contribution is 0.111. The molecule has 0 aromatic rings. The van der Waals surface area contributed by atoms with Gasteiger partial charge < -0.3 is 16.8 Å². The van der Waals surface area contributed by atoms with Gasteiger partial charge in [-0.2, -0.15) is 0 Å². The van der Waals surface area contributed by atoms with Crippen molar-refractivity contribution in [3.05, 3.63) is 6.92 Å². The van der Waals surface area contributed by atoms with Crippen LogP contribution in [0.25, 0.3) is 0 Å². The van der Waals surface area contributed by atoms with Crippen LogP contribution in [0.1, 0.15) is 0 Å². The third kappa shape index (κ3) is 3.92. The van der Waals surface area contributed by atoms with Crippen molar-refractivity contribution in [1.29, 1.82) is 0 Å². The Labute approximate surface area is 37.7 Å². The Kier molecular flexibility index (Phi) is 4.85. The molecule has 0 aromatic heterocycles. The van der Waals surface area contributed by atoms with Gasteiger partial charge in [-0.05, 0) is 0 Å². The van der Waals surface area contributed by atoms with E-state index in [4.69, 9.17) is 5.11 Å². The molecule has 0 saturated heterocycles. The molecule has 0 radical (unpaired) electrons.